The number of amides is 1. The highest BCUT2D eigenvalue weighted by Gasteiger charge is 2.19. The average molecular weight is 394 g/mol. The Morgan fingerprint density at radius 2 is 1.78 bits per heavy atom. The number of nitrogens with one attached hydrogen (secondary N) is 1. The van der Waals surface area contributed by atoms with Gasteiger partial charge in [0.2, 0.25) is 5.75 Å². The standard InChI is InChI=1S/C20H24ClNO5/c1-12-10-15(7-8-16(12)21)27-13(2)20(23)22-11-14-6-9-17(24-3)19(26-5)18(14)25-4/h6-10,13H,11H2,1-5H3,(H,22,23)/t13-/m1/s1. The van der Waals surface area contributed by atoms with Crippen LogP contribution in [0, 0.1) is 6.92 Å². The Morgan fingerprint density at radius 3 is 2.37 bits per heavy atom. The van der Waals surface area contributed by atoms with Crippen molar-refractivity contribution in [3.8, 4) is 23.0 Å². The number of carbonyl (C=O) groups excluding carboxylic acids is 1. The third-order valence-corrected chi connectivity index (χ3v) is 4.47. The summed E-state index contributed by atoms with van der Waals surface area (Å²) in [5.41, 5.74) is 1.65. The van der Waals surface area contributed by atoms with Crippen LogP contribution in [0.15, 0.2) is 30.3 Å². The zero-order chi connectivity index (χ0) is 20.0. The molecule has 2 aromatic carbocycles. The maximum Gasteiger partial charge on any atom is 0.261 e. The van der Waals surface area contributed by atoms with E-state index in [0.29, 0.717) is 28.0 Å². The summed E-state index contributed by atoms with van der Waals surface area (Å²) in [6.45, 7) is 3.82. The van der Waals surface area contributed by atoms with E-state index in [1.165, 1.54) is 14.2 Å². The molecule has 0 bridgehead atoms. The van der Waals surface area contributed by atoms with Crippen molar-refractivity contribution in [3.05, 3.63) is 46.5 Å². The molecular formula is C20H24ClNO5. The fourth-order valence-electron chi connectivity index (χ4n) is 2.58. The van der Waals surface area contributed by atoms with E-state index in [2.05, 4.69) is 5.32 Å². The molecule has 6 nitrogen and oxygen atoms in total. The van der Waals surface area contributed by atoms with E-state index in [-0.39, 0.29) is 12.5 Å². The Labute approximate surface area is 164 Å². The zero-order valence-corrected chi connectivity index (χ0v) is 16.8. The van der Waals surface area contributed by atoms with Gasteiger partial charge in [-0.1, -0.05) is 11.6 Å². The monoisotopic (exact) mass is 393 g/mol. The van der Waals surface area contributed by atoms with Gasteiger partial charge < -0.3 is 24.3 Å². The molecule has 0 spiro atoms. The molecule has 0 aliphatic rings. The molecule has 0 saturated heterocycles. The molecule has 0 fully saturated rings. The topological polar surface area (TPSA) is 66.0 Å². The zero-order valence-electron chi connectivity index (χ0n) is 16.1. The van der Waals surface area contributed by atoms with Crippen molar-refractivity contribution in [1.82, 2.24) is 5.32 Å². The van der Waals surface area contributed by atoms with E-state index in [9.17, 15) is 4.79 Å². The minimum Gasteiger partial charge on any atom is -0.493 e. The Morgan fingerprint density at radius 1 is 1.07 bits per heavy atom. The van der Waals surface area contributed by atoms with E-state index in [1.54, 1.807) is 38.3 Å². The molecular weight excluding hydrogens is 370 g/mol. The quantitative estimate of drug-likeness (QED) is 0.739. The van der Waals surface area contributed by atoms with E-state index < -0.39 is 6.10 Å². The molecule has 0 unspecified atom stereocenters. The first-order valence-corrected chi connectivity index (χ1v) is 8.77. The van der Waals surface area contributed by atoms with Gasteiger partial charge in [-0.2, -0.15) is 0 Å². The van der Waals surface area contributed by atoms with Gasteiger partial charge in [-0.25, -0.2) is 0 Å². The molecule has 0 aliphatic carbocycles. The molecule has 0 radical (unpaired) electrons. The average Bonchev–Trinajstić information content (AvgIpc) is 2.67. The van der Waals surface area contributed by atoms with Crippen LogP contribution < -0.4 is 24.3 Å². The lowest BCUT2D eigenvalue weighted by Crippen LogP contribution is -2.36. The highest BCUT2D eigenvalue weighted by Crippen LogP contribution is 2.39. The predicted molar refractivity (Wildman–Crippen MR) is 104 cm³/mol. The SMILES string of the molecule is COc1ccc(CNC(=O)[C@@H](C)Oc2ccc(Cl)c(C)c2)c(OC)c1OC. The highest BCUT2D eigenvalue weighted by molar-refractivity contribution is 6.31. The molecule has 0 aromatic heterocycles. The summed E-state index contributed by atoms with van der Waals surface area (Å²) in [7, 11) is 4.63. The highest BCUT2D eigenvalue weighted by atomic mass is 35.5. The van der Waals surface area contributed by atoms with Gasteiger partial charge in [0.15, 0.2) is 17.6 Å². The van der Waals surface area contributed by atoms with Crippen molar-refractivity contribution in [2.75, 3.05) is 21.3 Å². The number of hydrogen-bond donors (Lipinski definition) is 1. The number of aryl methyl sites for hydroxylation is 1. The largest absolute Gasteiger partial charge is 0.493 e. The van der Waals surface area contributed by atoms with Crippen molar-refractivity contribution >= 4 is 17.5 Å². The van der Waals surface area contributed by atoms with Gasteiger partial charge in [0.25, 0.3) is 5.91 Å². The van der Waals surface area contributed by atoms with Crippen molar-refractivity contribution in [1.29, 1.82) is 0 Å². The summed E-state index contributed by atoms with van der Waals surface area (Å²) in [4.78, 5) is 12.4. The van der Waals surface area contributed by atoms with Crippen LogP contribution in [0.4, 0.5) is 0 Å². The lowest BCUT2D eigenvalue weighted by molar-refractivity contribution is -0.127. The van der Waals surface area contributed by atoms with Gasteiger partial charge >= 0.3 is 0 Å². The van der Waals surface area contributed by atoms with E-state index >= 15 is 0 Å². The van der Waals surface area contributed by atoms with Crippen LogP contribution in [-0.4, -0.2) is 33.3 Å². The van der Waals surface area contributed by atoms with Crippen molar-refractivity contribution in [2.45, 2.75) is 26.5 Å². The minimum atomic E-state index is -0.670. The summed E-state index contributed by atoms with van der Waals surface area (Å²) in [6, 6.07) is 8.85. The smallest absolute Gasteiger partial charge is 0.261 e. The van der Waals surface area contributed by atoms with Crippen LogP contribution in [0.2, 0.25) is 5.02 Å². The fraction of sp³-hybridized carbons (Fsp3) is 0.350. The number of hydrogen-bond acceptors (Lipinski definition) is 5. The normalized spacial score (nSPS) is 11.5. The van der Waals surface area contributed by atoms with Gasteiger partial charge in [0, 0.05) is 17.1 Å². The molecule has 0 aliphatic heterocycles. The Hall–Kier alpha value is -2.60. The van der Waals surface area contributed by atoms with Crippen molar-refractivity contribution in [3.63, 3.8) is 0 Å². The number of benzene rings is 2. The Kier molecular flexibility index (Phi) is 7.19. The summed E-state index contributed by atoms with van der Waals surface area (Å²) in [6.07, 6.45) is -0.670. The van der Waals surface area contributed by atoms with Crippen LogP contribution in [0.25, 0.3) is 0 Å². The van der Waals surface area contributed by atoms with Gasteiger partial charge in [-0.3, -0.25) is 4.79 Å². The van der Waals surface area contributed by atoms with Crippen LogP contribution >= 0.6 is 11.6 Å². The second-order valence-electron chi connectivity index (χ2n) is 5.88. The molecule has 1 amide bonds. The molecule has 0 saturated carbocycles. The predicted octanol–water partition coefficient (Wildman–Crippen LogP) is 3.76. The second-order valence-corrected chi connectivity index (χ2v) is 6.29. The Bertz CT molecular complexity index is 809. The third kappa shape index (κ3) is 4.98. The molecule has 146 valence electrons. The minimum absolute atomic E-state index is 0.251. The molecule has 7 heteroatoms. The van der Waals surface area contributed by atoms with Crippen LogP contribution in [0.5, 0.6) is 23.0 Å². The number of methoxy groups -OCH3 is 3. The summed E-state index contributed by atoms with van der Waals surface area (Å²) in [5.74, 6) is 1.88. The summed E-state index contributed by atoms with van der Waals surface area (Å²) < 4.78 is 21.7. The number of rotatable bonds is 8. The van der Waals surface area contributed by atoms with Crippen LogP contribution in [0.3, 0.4) is 0 Å². The summed E-state index contributed by atoms with van der Waals surface area (Å²) >= 11 is 6.01. The van der Waals surface area contributed by atoms with Gasteiger partial charge in [0.1, 0.15) is 5.75 Å². The van der Waals surface area contributed by atoms with E-state index in [0.717, 1.165) is 11.1 Å². The van der Waals surface area contributed by atoms with Crippen molar-refractivity contribution in [2.24, 2.45) is 0 Å². The Balaban J connectivity index is 2.05. The first-order chi connectivity index (χ1) is 12.9. The molecule has 2 rings (SSSR count). The van der Waals surface area contributed by atoms with Gasteiger partial charge in [0.05, 0.1) is 21.3 Å². The first-order valence-electron chi connectivity index (χ1n) is 8.39. The molecule has 0 heterocycles. The third-order valence-electron chi connectivity index (χ3n) is 4.05. The molecule has 2 aromatic rings. The molecule has 27 heavy (non-hydrogen) atoms. The van der Waals surface area contributed by atoms with Crippen LogP contribution in [-0.2, 0) is 11.3 Å². The number of halogens is 1. The second kappa shape index (κ2) is 9.37. The fourth-order valence-corrected chi connectivity index (χ4v) is 2.69. The van der Waals surface area contributed by atoms with E-state index in [1.807, 2.05) is 13.0 Å². The number of ether oxygens (including phenoxy) is 4. The molecule has 1 atom stereocenters. The van der Waals surface area contributed by atoms with Gasteiger partial charge in [-0.05, 0) is 49.7 Å². The lowest BCUT2D eigenvalue weighted by Gasteiger charge is -2.18. The maximum atomic E-state index is 12.4. The first kappa shape index (κ1) is 20.7. The maximum absolute atomic E-state index is 12.4. The lowest BCUT2D eigenvalue weighted by atomic mass is 10.1. The van der Waals surface area contributed by atoms with Crippen LogP contribution in [0.1, 0.15) is 18.1 Å². The number of carbonyl (C=O) groups is 1. The van der Waals surface area contributed by atoms with Gasteiger partial charge in [-0.15, -0.1) is 0 Å². The molecule has 1 N–H and O–H groups in total. The van der Waals surface area contributed by atoms with Crippen molar-refractivity contribution < 1.29 is 23.7 Å². The van der Waals surface area contributed by atoms with E-state index in [4.69, 9.17) is 30.5 Å². The summed E-state index contributed by atoms with van der Waals surface area (Å²) in [5, 5.41) is 3.49.